The third-order valence-corrected chi connectivity index (χ3v) is 2.93. The Labute approximate surface area is 121 Å². The first kappa shape index (κ1) is 14.2. The monoisotopic (exact) mass is 295 g/mol. The van der Waals surface area contributed by atoms with Gasteiger partial charge in [-0.25, -0.2) is 4.98 Å². The maximum absolute atomic E-state index is 11.9. The van der Waals surface area contributed by atoms with E-state index in [4.69, 9.17) is 21.1 Å². The standard InChI is InChI=1S/C13H14ClN3O3/c1-19-11-6-12(20-2)10(5-9(11)14)16-13(18)7-17-4-3-15-8-17/h3-6,8H,7H2,1-2H3,(H,16,18). The van der Waals surface area contributed by atoms with Gasteiger partial charge in [-0.2, -0.15) is 0 Å². The Balaban J connectivity index is 2.15. The second kappa shape index (κ2) is 6.29. The predicted molar refractivity (Wildman–Crippen MR) is 75.4 cm³/mol. The van der Waals surface area contributed by atoms with Gasteiger partial charge < -0.3 is 19.4 Å². The van der Waals surface area contributed by atoms with Crippen molar-refractivity contribution in [2.24, 2.45) is 0 Å². The Kier molecular flexibility index (Phi) is 4.47. The third kappa shape index (κ3) is 3.21. The molecule has 20 heavy (non-hydrogen) atoms. The number of carbonyl (C=O) groups is 1. The van der Waals surface area contributed by atoms with E-state index >= 15 is 0 Å². The van der Waals surface area contributed by atoms with Crippen molar-refractivity contribution in [3.8, 4) is 11.5 Å². The van der Waals surface area contributed by atoms with Crippen molar-refractivity contribution in [2.45, 2.75) is 6.54 Å². The summed E-state index contributed by atoms with van der Waals surface area (Å²) in [6.45, 7) is 0.160. The van der Waals surface area contributed by atoms with Crippen LogP contribution >= 0.6 is 11.6 Å². The molecule has 1 amide bonds. The minimum Gasteiger partial charge on any atom is -0.495 e. The molecule has 0 radical (unpaired) electrons. The first-order valence-corrected chi connectivity index (χ1v) is 6.19. The number of ether oxygens (including phenoxy) is 2. The Morgan fingerprint density at radius 3 is 2.70 bits per heavy atom. The molecule has 0 spiro atoms. The van der Waals surface area contributed by atoms with Crippen LogP contribution in [0.2, 0.25) is 5.02 Å². The van der Waals surface area contributed by atoms with Crippen molar-refractivity contribution < 1.29 is 14.3 Å². The molecular weight excluding hydrogens is 282 g/mol. The molecule has 0 bridgehead atoms. The van der Waals surface area contributed by atoms with E-state index in [-0.39, 0.29) is 12.5 Å². The molecule has 2 aromatic rings. The second-order valence-electron chi connectivity index (χ2n) is 3.97. The SMILES string of the molecule is COc1cc(OC)c(NC(=O)Cn2ccnc2)cc1Cl. The van der Waals surface area contributed by atoms with Gasteiger partial charge in [-0.3, -0.25) is 4.79 Å². The molecule has 106 valence electrons. The molecule has 1 aromatic carbocycles. The van der Waals surface area contributed by atoms with Crippen LogP contribution in [-0.4, -0.2) is 29.7 Å². The normalized spacial score (nSPS) is 10.2. The fourth-order valence-corrected chi connectivity index (χ4v) is 1.93. The quantitative estimate of drug-likeness (QED) is 0.918. The van der Waals surface area contributed by atoms with Gasteiger partial charge in [-0.05, 0) is 6.07 Å². The summed E-state index contributed by atoms with van der Waals surface area (Å²) in [4.78, 5) is 15.8. The van der Waals surface area contributed by atoms with Crippen molar-refractivity contribution >= 4 is 23.2 Å². The lowest BCUT2D eigenvalue weighted by molar-refractivity contribution is -0.116. The van der Waals surface area contributed by atoms with E-state index in [1.54, 1.807) is 35.4 Å². The van der Waals surface area contributed by atoms with Gasteiger partial charge in [0.2, 0.25) is 5.91 Å². The summed E-state index contributed by atoms with van der Waals surface area (Å²) in [6, 6.07) is 3.21. The van der Waals surface area contributed by atoms with Crippen LogP contribution < -0.4 is 14.8 Å². The predicted octanol–water partition coefficient (Wildman–Crippen LogP) is 2.19. The first-order chi connectivity index (χ1) is 9.63. The van der Waals surface area contributed by atoms with Gasteiger partial charge in [0.15, 0.2) is 0 Å². The van der Waals surface area contributed by atoms with Gasteiger partial charge in [0.25, 0.3) is 0 Å². The van der Waals surface area contributed by atoms with Crippen molar-refractivity contribution in [2.75, 3.05) is 19.5 Å². The Bertz CT molecular complexity index is 599. The maximum Gasteiger partial charge on any atom is 0.244 e. The van der Waals surface area contributed by atoms with Gasteiger partial charge in [-0.15, -0.1) is 0 Å². The molecule has 1 heterocycles. The number of hydrogen-bond donors (Lipinski definition) is 1. The average molecular weight is 296 g/mol. The van der Waals surface area contributed by atoms with Crippen LogP contribution in [0.5, 0.6) is 11.5 Å². The molecule has 6 nitrogen and oxygen atoms in total. The van der Waals surface area contributed by atoms with E-state index < -0.39 is 0 Å². The number of benzene rings is 1. The molecule has 0 atom stereocenters. The fraction of sp³-hybridized carbons (Fsp3) is 0.231. The molecular formula is C13H14ClN3O3. The Morgan fingerprint density at radius 1 is 1.35 bits per heavy atom. The molecule has 7 heteroatoms. The summed E-state index contributed by atoms with van der Waals surface area (Å²) in [5.74, 6) is 0.754. The molecule has 0 saturated carbocycles. The molecule has 1 N–H and O–H groups in total. The smallest absolute Gasteiger partial charge is 0.244 e. The van der Waals surface area contributed by atoms with E-state index in [2.05, 4.69) is 10.3 Å². The van der Waals surface area contributed by atoms with Gasteiger partial charge in [0, 0.05) is 18.5 Å². The van der Waals surface area contributed by atoms with Gasteiger partial charge >= 0.3 is 0 Å². The summed E-state index contributed by atoms with van der Waals surface area (Å²) in [6.07, 6.45) is 4.88. The number of imidazole rings is 1. The Morgan fingerprint density at radius 2 is 2.10 bits per heavy atom. The number of aromatic nitrogens is 2. The van der Waals surface area contributed by atoms with Crippen molar-refractivity contribution in [1.82, 2.24) is 9.55 Å². The topological polar surface area (TPSA) is 65.4 Å². The molecule has 0 saturated heterocycles. The molecule has 2 rings (SSSR count). The number of nitrogens with one attached hydrogen (secondary N) is 1. The van der Waals surface area contributed by atoms with E-state index in [1.807, 2.05) is 0 Å². The third-order valence-electron chi connectivity index (χ3n) is 2.63. The van der Waals surface area contributed by atoms with E-state index in [1.165, 1.54) is 14.2 Å². The summed E-state index contributed by atoms with van der Waals surface area (Å²) < 4.78 is 12.0. The molecule has 0 aliphatic rings. The number of nitrogens with zero attached hydrogens (tertiary/aromatic N) is 2. The number of hydrogen-bond acceptors (Lipinski definition) is 4. The van der Waals surface area contributed by atoms with E-state index in [0.29, 0.717) is 22.2 Å². The zero-order chi connectivity index (χ0) is 14.5. The highest BCUT2D eigenvalue weighted by molar-refractivity contribution is 6.32. The van der Waals surface area contributed by atoms with Crippen LogP contribution in [0.25, 0.3) is 0 Å². The fourth-order valence-electron chi connectivity index (χ4n) is 1.69. The number of methoxy groups -OCH3 is 2. The van der Waals surface area contributed by atoms with Crippen molar-refractivity contribution in [3.63, 3.8) is 0 Å². The lowest BCUT2D eigenvalue weighted by Crippen LogP contribution is -2.18. The molecule has 0 aliphatic carbocycles. The lowest BCUT2D eigenvalue weighted by atomic mass is 10.2. The number of anilines is 1. The highest BCUT2D eigenvalue weighted by atomic mass is 35.5. The minimum atomic E-state index is -0.206. The van der Waals surface area contributed by atoms with Crippen LogP contribution in [-0.2, 0) is 11.3 Å². The zero-order valence-corrected chi connectivity index (χ0v) is 11.8. The summed E-state index contributed by atoms with van der Waals surface area (Å²) in [5.41, 5.74) is 0.489. The summed E-state index contributed by atoms with van der Waals surface area (Å²) in [5, 5.41) is 3.13. The number of halogens is 1. The van der Waals surface area contributed by atoms with Gasteiger partial charge in [-0.1, -0.05) is 11.6 Å². The molecule has 0 aliphatic heterocycles. The van der Waals surface area contributed by atoms with Crippen LogP contribution in [0.15, 0.2) is 30.9 Å². The van der Waals surface area contributed by atoms with E-state index in [9.17, 15) is 4.79 Å². The van der Waals surface area contributed by atoms with Gasteiger partial charge in [0.1, 0.15) is 18.0 Å². The second-order valence-corrected chi connectivity index (χ2v) is 4.38. The Hall–Kier alpha value is -2.21. The van der Waals surface area contributed by atoms with Crippen LogP contribution in [0.3, 0.4) is 0 Å². The highest BCUT2D eigenvalue weighted by Gasteiger charge is 2.12. The summed E-state index contributed by atoms with van der Waals surface area (Å²) >= 11 is 6.04. The van der Waals surface area contributed by atoms with Crippen molar-refractivity contribution in [3.05, 3.63) is 35.9 Å². The number of carbonyl (C=O) groups excluding carboxylic acids is 1. The maximum atomic E-state index is 11.9. The van der Waals surface area contributed by atoms with Crippen LogP contribution in [0.4, 0.5) is 5.69 Å². The largest absolute Gasteiger partial charge is 0.495 e. The molecule has 0 unspecified atom stereocenters. The van der Waals surface area contributed by atoms with E-state index in [0.717, 1.165) is 0 Å². The molecule has 0 fully saturated rings. The lowest BCUT2D eigenvalue weighted by Gasteiger charge is -2.13. The summed E-state index contributed by atoms with van der Waals surface area (Å²) in [7, 11) is 3.02. The average Bonchev–Trinajstić information content (AvgIpc) is 2.91. The highest BCUT2D eigenvalue weighted by Crippen LogP contribution is 2.35. The number of amides is 1. The van der Waals surface area contributed by atoms with Crippen molar-refractivity contribution in [1.29, 1.82) is 0 Å². The molecule has 1 aromatic heterocycles. The minimum absolute atomic E-state index is 0.160. The first-order valence-electron chi connectivity index (χ1n) is 5.81. The van der Waals surface area contributed by atoms with Gasteiger partial charge in [0.05, 0.1) is 31.3 Å². The van der Waals surface area contributed by atoms with Crippen LogP contribution in [0, 0.1) is 0 Å². The van der Waals surface area contributed by atoms with Crippen LogP contribution in [0.1, 0.15) is 0 Å². The number of rotatable bonds is 5. The zero-order valence-electron chi connectivity index (χ0n) is 11.1.